The van der Waals surface area contributed by atoms with Crippen molar-refractivity contribution in [2.24, 2.45) is 5.10 Å². The van der Waals surface area contributed by atoms with Gasteiger partial charge in [0.15, 0.2) is 0 Å². The van der Waals surface area contributed by atoms with Gasteiger partial charge < -0.3 is 4.74 Å². The van der Waals surface area contributed by atoms with Crippen LogP contribution in [-0.2, 0) is 0 Å². The standard InChI is InChI=1S/C17H15N3O2/c1-12-5-3-4-6-15(12)19-20-16(11-18)17(21)13-7-9-14(22-2)10-8-13/h3-10,19H,1-2H3/b20-16+. The van der Waals surface area contributed by atoms with Gasteiger partial charge in [0.25, 0.3) is 0 Å². The zero-order chi connectivity index (χ0) is 15.9. The van der Waals surface area contributed by atoms with E-state index in [2.05, 4.69) is 10.5 Å². The molecule has 2 aromatic carbocycles. The number of hydrazone groups is 1. The Morgan fingerprint density at radius 3 is 2.45 bits per heavy atom. The number of rotatable bonds is 5. The maximum absolute atomic E-state index is 12.2. The molecule has 0 amide bonds. The predicted molar refractivity (Wildman–Crippen MR) is 85.2 cm³/mol. The van der Waals surface area contributed by atoms with E-state index < -0.39 is 5.78 Å². The van der Waals surface area contributed by atoms with Crippen LogP contribution in [0.1, 0.15) is 15.9 Å². The molecule has 0 radical (unpaired) electrons. The van der Waals surface area contributed by atoms with Crippen LogP contribution < -0.4 is 10.2 Å². The number of nitriles is 1. The number of para-hydroxylation sites is 1. The Morgan fingerprint density at radius 2 is 1.86 bits per heavy atom. The summed E-state index contributed by atoms with van der Waals surface area (Å²) in [7, 11) is 1.55. The van der Waals surface area contributed by atoms with Crippen LogP contribution in [0.3, 0.4) is 0 Å². The first-order valence-electron chi connectivity index (χ1n) is 6.64. The van der Waals surface area contributed by atoms with E-state index in [0.29, 0.717) is 11.3 Å². The Kier molecular flexibility index (Phi) is 4.89. The Labute approximate surface area is 128 Å². The lowest BCUT2D eigenvalue weighted by atomic mass is 10.1. The van der Waals surface area contributed by atoms with Crippen molar-refractivity contribution in [1.29, 1.82) is 5.26 Å². The minimum atomic E-state index is -0.439. The van der Waals surface area contributed by atoms with Gasteiger partial charge in [0.05, 0.1) is 12.8 Å². The van der Waals surface area contributed by atoms with Crippen LogP contribution in [0.4, 0.5) is 5.69 Å². The van der Waals surface area contributed by atoms with Crippen molar-refractivity contribution < 1.29 is 9.53 Å². The van der Waals surface area contributed by atoms with Gasteiger partial charge in [-0.3, -0.25) is 10.2 Å². The van der Waals surface area contributed by atoms with Crippen molar-refractivity contribution in [3.8, 4) is 11.8 Å². The third-order valence-electron chi connectivity index (χ3n) is 3.11. The van der Waals surface area contributed by atoms with Gasteiger partial charge in [-0.2, -0.15) is 10.4 Å². The fourth-order valence-corrected chi connectivity index (χ4v) is 1.82. The lowest BCUT2D eigenvalue weighted by Gasteiger charge is -2.05. The number of hydrogen-bond acceptors (Lipinski definition) is 5. The second-order valence-electron chi connectivity index (χ2n) is 4.56. The Hall–Kier alpha value is -3.13. The molecule has 22 heavy (non-hydrogen) atoms. The van der Waals surface area contributed by atoms with Crippen molar-refractivity contribution in [2.75, 3.05) is 12.5 Å². The number of anilines is 1. The SMILES string of the molecule is COc1ccc(C(=O)/C(C#N)=N/Nc2ccccc2C)cc1. The number of nitrogens with zero attached hydrogens (tertiary/aromatic N) is 2. The zero-order valence-corrected chi connectivity index (χ0v) is 12.3. The van der Waals surface area contributed by atoms with Crippen molar-refractivity contribution in [3.05, 3.63) is 59.7 Å². The van der Waals surface area contributed by atoms with Crippen LogP contribution in [0.25, 0.3) is 0 Å². The Bertz CT molecular complexity index is 743. The minimum absolute atomic E-state index is 0.201. The molecule has 0 atom stereocenters. The summed E-state index contributed by atoms with van der Waals surface area (Å²) < 4.78 is 5.04. The quantitative estimate of drug-likeness (QED) is 0.522. The van der Waals surface area contributed by atoms with Crippen LogP contribution in [0.5, 0.6) is 5.75 Å². The first-order chi connectivity index (χ1) is 10.7. The van der Waals surface area contributed by atoms with Gasteiger partial charge in [-0.05, 0) is 42.8 Å². The maximum atomic E-state index is 12.2. The molecule has 0 aliphatic rings. The third kappa shape index (κ3) is 3.49. The minimum Gasteiger partial charge on any atom is -0.497 e. The highest BCUT2D eigenvalue weighted by Crippen LogP contribution is 2.14. The molecule has 1 N–H and O–H groups in total. The predicted octanol–water partition coefficient (Wildman–Crippen LogP) is 3.18. The molecule has 2 rings (SSSR count). The summed E-state index contributed by atoms with van der Waals surface area (Å²) in [6, 6.07) is 15.8. The fraction of sp³-hybridized carbons (Fsp3) is 0.118. The van der Waals surface area contributed by atoms with E-state index in [-0.39, 0.29) is 5.71 Å². The van der Waals surface area contributed by atoms with Gasteiger partial charge >= 0.3 is 0 Å². The number of ketones is 1. The monoisotopic (exact) mass is 293 g/mol. The van der Waals surface area contributed by atoms with Crippen LogP contribution in [0, 0.1) is 18.3 Å². The first kappa shape index (κ1) is 15.3. The van der Waals surface area contributed by atoms with Crippen LogP contribution >= 0.6 is 0 Å². The largest absolute Gasteiger partial charge is 0.497 e. The van der Waals surface area contributed by atoms with Crippen molar-refractivity contribution in [1.82, 2.24) is 0 Å². The second kappa shape index (κ2) is 7.04. The molecule has 0 aromatic heterocycles. The van der Waals surface area contributed by atoms with E-state index in [1.54, 1.807) is 31.4 Å². The molecule has 0 aliphatic carbocycles. The van der Waals surface area contributed by atoms with E-state index >= 15 is 0 Å². The molecular weight excluding hydrogens is 278 g/mol. The number of aryl methyl sites for hydroxylation is 1. The number of methoxy groups -OCH3 is 1. The maximum Gasteiger partial charge on any atom is 0.223 e. The molecule has 0 saturated carbocycles. The Morgan fingerprint density at radius 1 is 1.18 bits per heavy atom. The van der Waals surface area contributed by atoms with Gasteiger partial charge in [-0.15, -0.1) is 0 Å². The summed E-state index contributed by atoms with van der Waals surface area (Å²) >= 11 is 0. The lowest BCUT2D eigenvalue weighted by Crippen LogP contribution is -2.14. The van der Waals surface area contributed by atoms with Crippen LogP contribution in [-0.4, -0.2) is 18.6 Å². The summed E-state index contributed by atoms with van der Waals surface area (Å²) in [6.45, 7) is 1.91. The van der Waals surface area contributed by atoms with Crippen LogP contribution in [0.2, 0.25) is 0 Å². The molecule has 5 nitrogen and oxygen atoms in total. The van der Waals surface area contributed by atoms with E-state index in [1.165, 1.54) is 0 Å². The second-order valence-corrected chi connectivity index (χ2v) is 4.56. The molecule has 2 aromatic rings. The molecule has 0 unspecified atom stereocenters. The Balaban J connectivity index is 2.20. The van der Waals surface area contributed by atoms with Gasteiger partial charge in [0.1, 0.15) is 11.8 Å². The molecular formula is C17H15N3O2. The van der Waals surface area contributed by atoms with Crippen molar-refractivity contribution in [3.63, 3.8) is 0 Å². The van der Waals surface area contributed by atoms with Crippen LogP contribution in [0.15, 0.2) is 53.6 Å². The number of ether oxygens (including phenoxy) is 1. The van der Waals surface area contributed by atoms with Gasteiger partial charge in [-0.1, -0.05) is 18.2 Å². The fourth-order valence-electron chi connectivity index (χ4n) is 1.82. The van der Waals surface area contributed by atoms with Gasteiger partial charge in [0.2, 0.25) is 11.5 Å². The van der Waals surface area contributed by atoms with E-state index in [0.717, 1.165) is 11.3 Å². The molecule has 0 saturated heterocycles. The highest BCUT2D eigenvalue weighted by atomic mass is 16.5. The molecule has 0 bridgehead atoms. The molecule has 0 heterocycles. The summed E-state index contributed by atoms with van der Waals surface area (Å²) in [5.41, 5.74) is 4.66. The van der Waals surface area contributed by atoms with Crippen molar-refractivity contribution in [2.45, 2.75) is 6.92 Å². The summed E-state index contributed by atoms with van der Waals surface area (Å²) in [5, 5.41) is 13.1. The molecule has 0 fully saturated rings. The average molecular weight is 293 g/mol. The molecule has 110 valence electrons. The van der Waals surface area contributed by atoms with E-state index in [9.17, 15) is 4.79 Å². The summed E-state index contributed by atoms with van der Waals surface area (Å²) in [6.07, 6.45) is 0. The molecule has 0 aliphatic heterocycles. The van der Waals surface area contributed by atoms with Gasteiger partial charge in [-0.25, -0.2) is 0 Å². The topological polar surface area (TPSA) is 74.5 Å². The average Bonchev–Trinajstić information content (AvgIpc) is 2.56. The normalized spacial score (nSPS) is 10.7. The molecule has 0 spiro atoms. The number of Topliss-reactive ketones (excluding diaryl/α,β-unsaturated/α-hetero) is 1. The van der Waals surface area contributed by atoms with E-state index in [4.69, 9.17) is 10.00 Å². The summed E-state index contributed by atoms with van der Waals surface area (Å²) in [4.78, 5) is 12.2. The van der Waals surface area contributed by atoms with Gasteiger partial charge in [0, 0.05) is 5.56 Å². The highest BCUT2D eigenvalue weighted by Gasteiger charge is 2.14. The number of hydrogen-bond donors (Lipinski definition) is 1. The highest BCUT2D eigenvalue weighted by molar-refractivity contribution is 6.51. The van der Waals surface area contributed by atoms with E-state index in [1.807, 2.05) is 37.3 Å². The number of carbonyl (C=O) groups is 1. The smallest absolute Gasteiger partial charge is 0.223 e. The third-order valence-corrected chi connectivity index (χ3v) is 3.11. The molecule has 5 heteroatoms. The van der Waals surface area contributed by atoms with Crippen molar-refractivity contribution >= 4 is 17.2 Å². The number of benzene rings is 2. The lowest BCUT2D eigenvalue weighted by molar-refractivity contribution is 0.106. The zero-order valence-electron chi connectivity index (χ0n) is 12.3. The first-order valence-corrected chi connectivity index (χ1v) is 6.64. The summed E-state index contributed by atoms with van der Waals surface area (Å²) in [5.74, 6) is 0.205. The number of carbonyl (C=O) groups excluding carboxylic acids is 1. The number of nitrogens with one attached hydrogen (secondary N) is 1.